The molecule has 12 rings (SSSR count). The molecule has 0 fully saturated rings. The molecule has 0 aliphatic rings. The van der Waals surface area contributed by atoms with E-state index in [4.69, 9.17) is 19.4 Å². The Morgan fingerprint density at radius 2 is 1.41 bits per heavy atom. The van der Waals surface area contributed by atoms with Gasteiger partial charge < -0.3 is 14.0 Å². The van der Waals surface area contributed by atoms with E-state index in [1.165, 1.54) is 5.56 Å². The minimum atomic E-state index is -0.0356. The van der Waals surface area contributed by atoms with Crippen molar-refractivity contribution in [3.05, 3.63) is 169 Å². The van der Waals surface area contributed by atoms with E-state index in [9.17, 15) is 0 Å². The number of imidazole rings is 1. The van der Waals surface area contributed by atoms with Crippen molar-refractivity contribution in [2.45, 2.75) is 26.2 Å². The van der Waals surface area contributed by atoms with Gasteiger partial charge in [0.2, 0.25) is 0 Å². The fourth-order valence-electron chi connectivity index (χ4n) is 8.92. The van der Waals surface area contributed by atoms with E-state index in [1.807, 2.05) is 36.5 Å². The van der Waals surface area contributed by atoms with Gasteiger partial charge in [-0.05, 0) is 75.8 Å². The Labute approximate surface area is 354 Å². The molecule has 5 heterocycles. The van der Waals surface area contributed by atoms with Gasteiger partial charge in [-0.3, -0.25) is 4.57 Å². The predicted molar refractivity (Wildman–Crippen MR) is 237 cm³/mol. The zero-order valence-corrected chi connectivity index (χ0v) is 34.7. The summed E-state index contributed by atoms with van der Waals surface area (Å²) in [6, 6.07) is 56.9. The van der Waals surface area contributed by atoms with E-state index in [2.05, 4.69) is 157 Å². The van der Waals surface area contributed by atoms with Crippen LogP contribution in [-0.2, 0) is 26.5 Å². The summed E-state index contributed by atoms with van der Waals surface area (Å²) in [5, 5.41) is 6.49. The largest absolute Gasteiger partial charge is 2.00 e. The van der Waals surface area contributed by atoms with Gasteiger partial charge in [-0.2, -0.15) is 0 Å². The summed E-state index contributed by atoms with van der Waals surface area (Å²) >= 11 is 0. The molecule has 284 valence electrons. The third-order valence-electron chi connectivity index (χ3n) is 11.7. The number of hydrogen-bond acceptors (Lipinski definition) is 3. The molecule has 12 aromatic rings. The summed E-state index contributed by atoms with van der Waals surface area (Å²) in [6.45, 7) is 6.76. The molecule has 0 amide bonds. The Morgan fingerprint density at radius 3 is 2.24 bits per heavy atom. The van der Waals surface area contributed by atoms with Crippen LogP contribution in [0, 0.1) is 6.07 Å². The molecule has 7 aromatic carbocycles. The molecular weight excluding hydrogens is 906 g/mol. The topological polar surface area (TPSA) is 62.9 Å². The monoisotopic (exact) mass is 940 g/mol. The number of pyridine rings is 1. The Kier molecular flexibility index (Phi) is 7.88. The number of nitrogens with zero attached hydrogens (tertiary/aromatic N) is 5. The maximum Gasteiger partial charge on any atom is 2.00 e. The van der Waals surface area contributed by atoms with Crippen LogP contribution in [-0.4, -0.2) is 19.1 Å². The van der Waals surface area contributed by atoms with E-state index >= 15 is 0 Å². The molecule has 0 aliphatic carbocycles. The van der Waals surface area contributed by atoms with Gasteiger partial charge in [-0.15, -0.1) is 34.8 Å². The average molecular weight is 941 g/mol. The Hall–Kier alpha value is -6.75. The number of para-hydroxylation sites is 4. The van der Waals surface area contributed by atoms with Crippen molar-refractivity contribution in [3.63, 3.8) is 0 Å². The van der Waals surface area contributed by atoms with Crippen LogP contribution in [0.1, 0.15) is 26.3 Å². The molecular formula is C52H35N5OPt. The van der Waals surface area contributed by atoms with E-state index in [-0.39, 0.29) is 26.5 Å². The second kappa shape index (κ2) is 13.1. The van der Waals surface area contributed by atoms with Gasteiger partial charge in [0.15, 0.2) is 0 Å². The van der Waals surface area contributed by atoms with Gasteiger partial charge in [0.25, 0.3) is 0 Å². The maximum absolute atomic E-state index is 6.72. The van der Waals surface area contributed by atoms with Crippen LogP contribution in [0.4, 0.5) is 0 Å². The number of benzene rings is 7. The summed E-state index contributed by atoms with van der Waals surface area (Å²) in [5.41, 5.74) is 12.6. The average Bonchev–Trinajstić information content (AvgIpc) is 4.02. The van der Waals surface area contributed by atoms with Crippen molar-refractivity contribution < 1.29 is 25.5 Å². The number of furan rings is 1. The molecule has 0 spiro atoms. The Morgan fingerprint density at radius 1 is 0.627 bits per heavy atom. The molecule has 59 heavy (non-hydrogen) atoms. The van der Waals surface area contributed by atoms with E-state index in [0.717, 1.165) is 111 Å². The van der Waals surface area contributed by atoms with Gasteiger partial charge >= 0.3 is 21.1 Å². The molecule has 0 radical (unpaired) electrons. The predicted octanol–water partition coefficient (Wildman–Crippen LogP) is 13.1. The SMILES string of the molecule is CC(C)(C)c1ccc2[n-]c3c(-c4nc5c(-c6[c-]c7c(cc6)c6ccccc6n7-c6ccccn6)cccc5n4-c4ccccc4)cc4c5ccccc5oc4c3c2c1.[Pt+2]. The molecule has 0 unspecified atom stereocenters. The van der Waals surface area contributed by atoms with Crippen molar-refractivity contribution in [2.24, 2.45) is 0 Å². The molecule has 0 atom stereocenters. The van der Waals surface area contributed by atoms with E-state index < -0.39 is 0 Å². The summed E-state index contributed by atoms with van der Waals surface area (Å²) in [6.07, 6.45) is 1.84. The van der Waals surface area contributed by atoms with Gasteiger partial charge in [0, 0.05) is 39.1 Å². The summed E-state index contributed by atoms with van der Waals surface area (Å²) < 4.78 is 11.2. The number of rotatable bonds is 4. The summed E-state index contributed by atoms with van der Waals surface area (Å²) in [4.78, 5) is 15.8. The fraction of sp³-hybridized carbons (Fsp3) is 0.0769. The number of hydrogen-bond donors (Lipinski definition) is 0. The first-order valence-corrected chi connectivity index (χ1v) is 19.7. The zero-order valence-electron chi connectivity index (χ0n) is 32.5. The van der Waals surface area contributed by atoms with Gasteiger partial charge in [0.1, 0.15) is 22.8 Å². The minimum Gasteiger partial charge on any atom is -0.656 e. The molecule has 0 saturated heterocycles. The molecule has 5 aromatic heterocycles. The first kappa shape index (κ1) is 35.4. The van der Waals surface area contributed by atoms with Gasteiger partial charge in [-0.25, -0.2) is 9.97 Å². The van der Waals surface area contributed by atoms with Crippen molar-refractivity contribution >= 4 is 76.6 Å². The Bertz CT molecular complexity index is 3600. The minimum absolute atomic E-state index is 0. The number of aromatic nitrogens is 5. The molecule has 0 saturated carbocycles. The first-order valence-electron chi connectivity index (χ1n) is 19.7. The second-order valence-corrected chi connectivity index (χ2v) is 16.2. The normalized spacial score (nSPS) is 12.2. The quantitative estimate of drug-likeness (QED) is 0.165. The molecule has 0 N–H and O–H groups in total. The van der Waals surface area contributed by atoms with Crippen molar-refractivity contribution in [1.82, 2.24) is 24.1 Å². The van der Waals surface area contributed by atoms with E-state index in [0.29, 0.717) is 0 Å². The first-order chi connectivity index (χ1) is 28.4. The molecule has 0 aliphatic heterocycles. The number of fused-ring (bicyclic) bond motifs is 11. The van der Waals surface area contributed by atoms with Crippen molar-refractivity contribution in [3.8, 4) is 34.0 Å². The summed E-state index contributed by atoms with van der Waals surface area (Å²) in [7, 11) is 0. The van der Waals surface area contributed by atoms with Gasteiger partial charge in [-0.1, -0.05) is 123 Å². The second-order valence-electron chi connectivity index (χ2n) is 16.2. The molecule has 7 heteroatoms. The van der Waals surface area contributed by atoms with Crippen LogP contribution < -0.4 is 4.98 Å². The third-order valence-corrected chi connectivity index (χ3v) is 11.7. The molecule has 6 nitrogen and oxygen atoms in total. The van der Waals surface area contributed by atoms with Crippen LogP contribution >= 0.6 is 0 Å². The van der Waals surface area contributed by atoms with Crippen LogP contribution in [0.2, 0.25) is 0 Å². The van der Waals surface area contributed by atoms with Gasteiger partial charge in [0.05, 0.1) is 11.0 Å². The summed E-state index contributed by atoms with van der Waals surface area (Å²) in [5.74, 6) is 1.67. The van der Waals surface area contributed by atoms with Crippen molar-refractivity contribution in [2.75, 3.05) is 0 Å². The standard InChI is InChI=1S/C52H35N5O.Pt/c1-52(2,3)32-24-26-41-39(29-32)47-49(54-41)40(30-38-37-17-8-10-21-45(37)58-50(38)47)51-55-48-34(18-13-20-43(48)56(51)33-14-5-4-6-15-33)31-23-25-36-35-16-7-9-19-42(35)57(44(36)28-31)46-22-11-12-27-53-46;/h4-27,29-30H,1-3H3;/q-2;+2. The zero-order chi connectivity index (χ0) is 38.7. The Balaban J connectivity index is 0.00000397. The van der Waals surface area contributed by atoms with E-state index in [1.54, 1.807) is 0 Å². The maximum atomic E-state index is 6.72. The van der Waals surface area contributed by atoms with Crippen LogP contribution in [0.15, 0.2) is 162 Å². The van der Waals surface area contributed by atoms with Crippen LogP contribution in [0.25, 0.3) is 111 Å². The van der Waals surface area contributed by atoms with Crippen molar-refractivity contribution in [1.29, 1.82) is 0 Å². The fourth-order valence-corrected chi connectivity index (χ4v) is 8.92. The van der Waals surface area contributed by atoms with Crippen LogP contribution in [0.5, 0.6) is 0 Å². The molecule has 0 bridgehead atoms. The van der Waals surface area contributed by atoms with Crippen LogP contribution in [0.3, 0.4) is 0 Å². The third kappa shape index (κ3) is 5.29. The smallest absolute Gasteiger partial charge is 0.656 e.